The van der Waals surface area contributed by atoms with Gasteiger partial charge in [0.25, 0.3) is 10.0 Å². The van der Waals surface area contributed by atoms with E-state index in [0.29, 0.717) is 10.0 Å². The predicted molar refractivity (Wildman–Crippen MR) is 63.2 cm³/mol. The van der Waals surface area contributed by atoms with Crippen LogP contribution < -0.4 is 4.89 Å². The Morgan fingerprint density at radius 2 is 2.06 bits per heavy atom. The minimum absolute atomic E-state index is 0.126. The van der Waals surface area contributed by atoms with Crippen molar-refractivity contribution >= 4 is 31.9 Å². The van der Waals surface area contributed by atoms with Crippen molar-refractivity contribution < 1.29 is 23.2 Å². The molecule has 0 heterocycles. The van der Waals surface area contributed by atoms with Gasteiger partial charge in [0.15, 0.2) is 0 Å². The number of hydrogen-bond donors (Lipinski definition) is 2. The summed E-state index contributed by atoms with van der Waals surface area (Å²) in [5.74, 6) is -1.21. The lowest BCUT2D eigenvalue weighted by Gasteiger charge is -2.10. The molecule has 0 saturated carbocycles. The average Bonchev–Trinajstić information content (AvgIpc) is 2.21. The second kappa shape index (κ2) is 5.13. The number of sulfonamides is 1. The number of carboxylic acids is 1. The molecule has 2 N–H and O–H groups in total. The van der Waals surface area contributed by atoms with Crippen LogP contribution in [0.3, 0.4) is 0 Å². The Kier molecular flexibility index (Phi) is 4.26. The lowest BCUT2D eigenvalue weighted by atomic mass is 10.1. The Morgan fingerprint density at radius 3 is 2.53 bits per heavy atom. The van der Waals surface area contributed by atoms with E-state index in [-0.39, 0.29) is 10.5 Å². The molecular weight excluding hydrogens is 314 g/mol. The van der Waals surface area contributed by atoms with Crippen LogP contribution in [0.1, 0.15) is 15.9 Å². The minimum Gasteiger partial charge on any atom is -0.478 e. The van der Waals surface area contributed by atoms with Crippen molar-refractivity contribution in [2.45, 2.75) is 11.8 Å². The Balaban J connectivity index is 3.48. The summed E-state index contributed by atoms with van der Waals surface area (Å²) in [6.07, 6.45) is 0. The molecule has 0 bridgehead atoms. The lowest BCUT2D eigenvalue weighted by molar-refractivity contribution is 0.0696. The number of nitrogens with one attached hydrogen (secondary N) is 1. The minimum atomic E-state index is -3.89. The zero-order valence-electron chi connectivity index (χ0n) is 9.02. The predicted octanol–water partition coefficient (Wildman–Crippen LogP) is 1.30. The van der Waals surface area contributed by atoms with Crippen molar-refractivity contribution in [3.63, 3.8) is 0 Å². The van der Waals surface area contributed by atoms with Gasteiger partial charge in [0, 0.05) is 4.47 Å². The van der Waals surface area contributed by atoms with Crippen LogP contribution >= 0.6 is 15.9 Å². The van der Waals surface area contributed by atoms with Gasteiger partial charge in [-0.05, 0) is 24.6 Å². The summed E-state index contributed by atoms with van der Waals surface area (Å²) in [5.41, 5.74) is 0.276. The maximum Gasteiger partial charge on any atom is 0.335 e. The van der Waals surface area contributed by atoms with Gasteiger partial charge < -0.3 is 5.11 Å². The highest BCUT2D eigenvalue weighted by Gasteiger charge is 2.20. The monoisotopic (exact) mass is 323 g/mol. The number of hydrogen-bond acceptors (Lipinski definition) is 4. The van der Waals surface area contributed by atoms with Gasteiger partial charge in [-0.3, -0.25) is 4.84 Å². The molecule has 8 heteroatoms. The molecule has 94 valence electrons. The van der Waals surface area contributed by atoms with Gasteiger partial charge in [-0.15, -0.1) is 0 Å². The molecule has 17 heavy (non-hydrogen) atoms. The lowest BCUT2D eigenvalue weighted by Crippen LogP contribution is -2.23. The fourth-order valence-corrected chi connectivity index (χ4v) is 2.91. The van der Waals surface area contributed by atoms with E-state index < -0.39 is 16.0 Å². The fraction of sp³-hybridized carbons (Fsp3) is 0.222. The quantitative estimate of drug-likeness (QED) is 0.814. The van der Waals surface area contributed by atoms with Crippen LogP contribution in [-0.2, 0) is 14.9 Å². The molecule has 0 atom stereocenters. The molecule has 1 aromatic carbocycles. The van der Waals surface area contributed by atoms with Crippen LogP contribution in [-0.4, -0.2) is 26.6 Å². The average molecular weight is 324 g/mol. The zero-order chi connectivity index (χ0) is 13.2. The summed E-state index contributed by atoms with van der Waals surface area (Å²) < 4.78 is 23.9. The molecule has 1 aromatic rings. The topological polar surface area (TPSA) is 92.7 Å². The van der Waals surface area contributed by atoms with E-state index in [1.54, 1.807) is 6.92 Å². The standard InChI is InChI=1S/C9H10BrNO5S/c1-5-7(10)3-6(9(12)13)4-8(5)17(14,15)11-16-2/h3-4,11H,1-2H3,(H,12,13). The summed E-state index contributed by atoms with van der Waals surface area (Å²) in [6, 6.07) is 2.41. The first-order valence-electron chi connectivity index (χ1n) is 4.38. The van der Waals surface area contributed by atoms with Crippen molar-refractivity contribution in [2.75, 3.05) is 7.11 Å². The van der Waals surface area contributed by atoms with E-state index in [4.69, 9.17) is 5.11 Å². The fourth-order valence-electron chi connectivity index (χ4n) is 1.21. The Hall–Kier alpha value is -0.960. The third-order valence-electron chi connectivity index (χ3n) is 2.03. The number of carbonyl (C=O) groups is 1. The first-order valence-corrected chi connectivity index (χ1v) is 6.65. The van der Waals surface area contributed by atoms with E-state index in [0.717, 1.165) is 13.2 Å². The zero-order valence-corrected chi connectivity index (χ0v) is 11.4. The highest BCUT2D eigenvalue weighted by atomic mass is 79.9. The SMILES string of the molecule is CONS(=O)(=O)c1cc(C(=O)O)cc(Br)c1C. The molecule has 0 aliphatic carbocycles. The van der Waals surface area contributed by atoms with Crippen molar-refractivity contribution in [2.24, 2.45) is 0 Å². The second-order valence-electron chi connectivity index (χ2n) is 3.18. The van der Waals surface area contributed by atoms with E-state index in [9.17, 15) is 13.2 Å². The normalized spacial score (nSPS) is 11.5. The van der Waals surface area contributed by atoms with Crippen LogP contribution in [0, 0.1) is 6.92 Å². The molecule has 0 spiro atoms. The highest BCUT2D eigenvalue weighted by molar-refractivity contribution is 9.10. The molecule has 0 aromatic heterocycles. The van der Waals surface area contributed by atoms with Gasteiger partial charge >= 0.3 is 5.97 Å². The molecule has 0 saturated heterocycles. The van der Waals surface area contributed by atoms with Crippen molar-refractivity contribution in [1.29, 1.82) is 0 Å². The van der Waals surface area contributed by atoms with E-state index in [1.807, 2.05) is 4.89 Å². The van der Waals surface area contributed by atoms with Crippen LogP contribution in [0.5, 0.6) is 0 Å². The molecule has 0 fully saturated rings. The van der Waals surface area contributed by atoms with Gasteiger partial charge in [0.1, 0.15) is 0 Å². The molecule has 0 aliphatic heterocycles. The molecular formula is C9H10BrNO5S. The van der Waals surface area contributed by atoms with Gasteiger partial charge in [0.05, 0.1) is 17.6 Å². The first-order chi connectivity index (χ1) is 7.79. The Morgan fingerprint density at radius 1 is 1.47 bits per heavy atom. The van der Waals surface area contributed by atoms with Gasteiger partial charge in [-0.25, -0.2) is 13.2 Å². The molecule has 1 rings (SSSR count). The third kappa shape index (κ3) is 3.03. The number of benzene rings is 1. The van der Waals surface area contributed by atoms with Crippen molar-refractivity contribution in [1.82, 2.24) is 4.89 Å². The largest absolute Gasteiger partial charge is 0.478 e. The molecule has 0 radical (unpaired) electrons. The highest BCUT2D eigenvalue weighted by Crippen LogP contribution is 2.25. The molecule has 6 nitrogen and oxygen atoms in total. The van der Waals surface area contributed by atoms with E-state index >= 15 is 0 Å². The van der Waals surface area contributed by atoms with Crippen molar-refractivity contribution in [3.8, 4) is 0 Å². The second-order valence-corrected chi connectivity index (χ2v) is 5.64. The first kappa shape index (κ1) is 14.1. The van der Waals surface area contributed by atoms with Crippen LogP contribution in [0.15, 0.2) is 21.5 Å². The molecule has 0 unspecified atom stereocenters. The Bertz CT molecular complexity index is 555. The smallest absolute Gasteiger partial charge is 0.335 e. The maximum absolute atomic E-state index is 11.7. The summed E-state index contributed by atoms with van der Waals surface area (Å²) >= 11 is 3.11. The number of halogens is 1. The number of carboxylic acid groups (broad SMARTS) is 1. The third-order valence-corrected chi connectivity index (χ3v) is 4.24. The Labute approximate surface area is 107 Å². The summed E-state index contributed by atoms with van der Waals surface area (Å²) in [5, 5.41) is 8.85. The molecule has 0 amide bonds. The van der Waals surface area contributed by atoms with Gasteiger partial charge in [-0.1, -0.05) is 20.8 Å². The van der Waals surface area contributed by atoms with Crippen LogP contribution in [0.2, 0.25) is 0 Å². The van der Waals surface area contributed by atoms with Crippen LogP contribution in [0.4, 0.5) is 0 Å². The molecule has 0 aliphatic rings. The maximum atomic E-state index is 11.7. The van der Waals surface area contributed by atoms with E-state index in [1.165, 1.54) is 6.07 Å². The van der Waals surface area contributed by atoms with Crippen molar-refractivity contribution in [3.05, 3.63) is 27.7 Å². The van der Waals surface area contributed by atoms with Crippen LogP contribution in [0.25, 0.3) is 0 Å². The summed E-state index contributed by atoms with van der Waals surface area (Å²) in [4.78, 5) is 16.9. The van der Waals surface area contributed by atoms with E-state index in [2.05, 4.69) is 20.8 Å². The van der Waals surface area contributed by atoms with Gasteiger partial charge in [-0.2, -0.15) is 0 Å². The summed E-state index contributed by atoms with van der Waals surface area (Å²) in [7, 11) is -2.73. The number of aromatic carboxylic acids is 1. The van der Waals surface area contributed by atoms with Gasteiger partial charge in [0.2, 0.25) is 0 Å². The number of rotatable bonds is 4. The summed E-state index contributed by atoms with van der Waals surface area (Å²) in [6.45, 7) is 1.56.